The summed E-state index contributed by atoms with van der Waals surface area (Å²) >= 11 is 3.38. The molecular formula is C20H19BrN4O2. The number of pyridine rings is 1. The second-order valence-electron chi connectivity index (χ2n) is 5.89. The van der Waals surface area contributed by atoms with Crippen molar-refractivity contribution in [2.45, 2.75) is 19.8 Å². The zero-order valence-electron chi connectivity index (χ0n) is 15.1. The van der Waals surface area contributed by atoms with E-state index >= 15 is 0 Å². The normalized spacial score (nSPS) is 11.4. The van der Waals surface area contributed by atoms with E-state index in [4.69, 9.17) is 9.47 Å². The van der Waals surface area contributed by atoms with Gasteiger partial charge in [0.05, 0.1) is 24.8 Å². The number of nitrogens with zero attached hydrogens (tertiary/aromatic N) is 3. The summed E-state index contributed by atoms with van der Waals surface area (Å²) in [6, 6.07) is 9.65. The highest BCUT2D eigenvalue weighted by molar-refractivity contribution is 9.10. The molecule has 3 aromatic rings. The van der Waals surface area contributed by atoms with Gasteiger partial charge in [-0.3, -0.25) is 0 Å². The highest BCUT2D eigenvalue weighted by atomic mass is 79.9. The molecule has 0 saturated heterocycles. The van der Waals surface area contributed by atoms with Gasteiger partial charge in [0, 0.05) is 10.7 Å². The first-order chi connectivity index (χ1) is 13.1. The van der Waals surface area contributed by atoms with Gasteiger partial charge in [-0.05, 0) is 52.2 Å². The van der Waals surface area contributed by atoms with Crippen molar-refractivity contribution in [3.63, 3.8) is 0 Å². The smallest absolute Gasteiger partial charge is 0.178 e. The van der Waals surface area contributed by atoms with E-state index in [1.165, 1.54) is 0 Å². The van der Waals surface area contributed by atoms with E-state index in [-0.39, 0.29) is 0 Å². The fourth-order valence-corrected chi connectivity index (χ4v) is 2.87. The molecular weight excluding hydrogens is 408 g/mol. The number of H-pyrrole nitrogens is 1. The van der Waals surface area contributed by atoms with Crippen LogP contribution in [-0.2, 0) is 0 Å². The van der Waals surface area contributed by atoms with Crippen molar-refractivity contribution in [3.8, 4) is 17.6 Å². The molecule has 27 heavy (non-hydrogen) atoms. The summed E-state index contributed by atoms with van der Waals surface area (Å²) in [6.07, 6.45) is 5.48. The minimum Gasteiger partial charge on any atom is -0.493 e. The van der Waals surface area contributed by atoms with Gasteiger partial charge in [-0.1, -0.05) is 19.4 Å². The molecule has 0 saturated carbocycles. The molecule has 3 rings (SSSR count). The Balaban J connectivity index is 1.91. The van der Waals surface area contributed by atoms with E-state index in [2.05, 4.69) is 43.9 Å². The number of unbranched alkanes of at least 4 members (excludes halogenated alkanes) is 1. The fourth-order valence-electron chi connectivity index (χ4n) is 2.54. The Kier molecular flexibility index (Phi) is 6.09. The zero-order valence-corrected chi connectivity index (χ0v) is 16.7. The van der Waals surface area contributed by atoms with Gasteiger partial charge in [-0.2, -0.15) is 5.26 Å². The number of benzene rings is 1. The average Bonchev–Trinajstić information content (AvgIpc) is 3.09. The summed E-state index contributed by atoms with van der Waals surface area (Å²) in [5, 5.41) is 9.58. The van der Waals surface area contributed by atoms with Gasteiger partial charge in [0.1, 0.15) is 6.07 Å². The molecule has 0 fully saturated rings. The highest BCUT2D eigenvalue weighted by Gasteiger charge is 2.11. The third-order valence-electron chi connectivity index (χ3n) is 3.93. The molecule has 6 nitrogen and oxygen atoms in total. The Bertz CT molecular complexity index is 1020. The lowest BCUT2D eigenvalue weighted by molar-refractivity contribution is 0.288. The van der Waals surface area contributed by atoms with Gasteiger partial charge in [0.2, 0.25) is 0 Å². The molecule has 0 bridgehead atoms. The number of aromatic amines is 1. The molecule has 138 valence electrons. The number of imidazole rings is 1. The number of halogens is 1. The van der Waals surface area contributed by atoms with Crippen LogP contribution in [0.4, 0.5) is 0 Å². The van der Waals surface area contributed by atoms with E-state index in [0.29, 0.717) is 35.2 Å². The largest absolute Gasteiger partial charge is 0.493 e. The van der Waals surface area contributed by atoms with Crippen LogP contribution in [0.5, 0.6) is 11.5 Å². The number of rotatable bonds is 7. The minimum atomic E-state index is 0.408. The summed E-state index contributed by atoms with van der Waals surface area (Å²) in [6.45, 7) is 2.76. The van der Waals surface area contributed by atoms with Crippen LogP contribution in [0.25, 0.3) is 22.8 Å². The molecule has 0 spiro atoms. The monoisotopic (exact) mass is 426 g/mol. The average molecular weight is 427 g/mol. The van der Waals surface area contributed by atoms with Gasteiger partial charge in [-0.25, -0.2) is 9.97 Å². The molecule has 2 heterocycles. The van der Waals surface area contributed by atoms with E-state index in [1.54, 1.807) is 19.4 Å². The van der Waals surface area contributed by atoms with Gasteiger partial charge in [0.25, 0.3) is 0 Å². The van der Waals surface area contributed by atoms with Crippen LogP contribution in [0.15, 0.2) is 34.9 Å². The Morgan fingerprint density at radius 2 is 2.19 bits per heavy atom. The Morgan fingerprint density at radius 1 is 1.33 bits per heavy atom. The SMILES string of the molecule is CCCCOc1ccc(/C=C(\C#N)c2nc3ncc(Br)cc3[nH]2)cc1OC. The summed E-state index contributed by atoms with van der Waals surface area (Å²) in [5.41, 5.74) is 2.55. The van der Waals surface area contributed by atoms with E-state index in [0.717, 1.165) is 28.4 Å². The fraction of sp³-hybridized carbons (Fsp3) is 0.250. The second kappa shape index (κ2) is 8.69. The summed E-state index contributed by atoms with van der Waals surface area (Å²) < 4.78 is 12.0. The number of nitrogens with one attached hydrogen (secondary N) is 1. The number of hydrogen-bond donors (Lipinski definition) is 1. The standard InChI is InChI=1S/C20H19BrN4O2/c1-3-4-7-27-17-6-5-13(9-18(17)26-2)8-14(11-22)19-24-16-10-15(21)12-23-20(16)25-19/h5-6,8-10,12H,3-4,7H2,1-2H3,(H,23,24,25)/b14-8+. The van der Waals surface area contributed by atoms with Gasteiger partial charge >= 0.3 is 0 Å². The zero-order chi connectivity index (χ0) is 19.2. The molecule has 1 N–H and O–H groups in total. The lowest BCUT2D eigenvalue weighted by Gasteiger charge is -2.11. The van der Waals surface area contributed by atoms with Crippen LogP contribution in [-0.4, -0.2) is 28.7 Å². The Hall–Kier alpha value is -2.85. The molecule has 0 atom stereocenters. The van der Waals surface area contributed by atoms with E-state index in [1.807, 2.05) is 24.3 Å². The number of fused-ring (bicyclic) bond motifs is 1. The number of ether oxygens (including phenoxy) is 2. The molecule has 0 amide bonds. The quantitative estimate of drug-likeness (QED) is 0.425. The third kappa shape index (κ3) is 4.47. The van der Waals surface area contributed by atoms with Crippen LogP contribution in [0.1, 0.15) is 31.2 Å². The highest BCUT2D eigenvalue weighted by Crippen LogP contribution is 2.30. The Labute approximate surface area is 166 Å². The van der Waals surface area contributed by atoms with Crippen molar-refractivity contribution >= 4 is 38.7 Å². The van der Waals surface area contributed by atoms with Crippen molar-refractivity contribution in [2.75, 3.05) is 13.7 Å². The van der Waals surface area contributed by atoms with Crippen molar-refractivity contribution in [1.82, 2.24) is 15.0 Å². The topological polar surface area (TPSA) is 83.8 Å². The van der Waals surface area contributed by atoms with Gasteiger partial charge < -0.3 is 14.5 Å². The van der Waals surface area contributed by atoms with Crippen molar-refractivity contribution < 1.29 is 9.47 Å². The predicted octanol–water partition coefficient (Wildman–Crippen LogP) is 4.97. The first-order valence-corrected chi connectivity index (χ1v) is 9.38. The maximum absolute atomic E-state index is 9.58. The first-order valence-electron chi connectivity index (χ1n) is 8.59. The number of methoxy groups -OCH3 is 1. The Morgan fingerprint density at radius 3 is 2.93 bits per heavy atom. The molecule has 1 aromatic carbocycles. The molecule has 0 radical (unpaired) electrons. The van der Waals surface area contributed by atoms with Crippen LogP contribution < -0.4 is 9.47 Å². The lowest BCUT2D eigenvalue weighted by Crippen LogP contribution is -1.99. The summed E-state index contributed by atoms with van der Waals surface area (Å²) in [5.74, 6) is 1.80. The number of allylic oxidation sites excluding steroid dienone is 1. The van der Waals surface area contributed by atoms with Crippen LogP contribution >= 0.6 is 15.9 Å². The molecule has 0 aliphatic rings. The van der Waals surface area contributed by atoms with E-state index < -0.39 is 0 Å². The van der Waals surface area contributed by atoms with Crippen LogP contribution in [0.2, 0.25) is 0 Å². The minimum absolute atomic E-state index is 0.408. The van der Waals surface area contributed by atoms with Crippen LogP contribution in [0.3, 0.4) is 0 Å². The molecule has 7 heteroatoms. The van der Waals surface area contributed by atoms with Crippen LogP contribution in [0, 0.1) is 11.3 Å². The maximum Gasteiger partial charge on any atom is 0.178 e. The third-order valence-corrected chi connectivity index (χ3v) is 4.37. The van der Waals surface area contributed by atoms with Crippen molar-refractivity contribution in [3.05, 3.63) is 46.3 Å². The molecule has 2 aromatic heterocycles. The molecule has 0 unspecified atom stereocenters. The first kappa shape index (κ1) is 18.9. The van der Waals surface area contributed by atoms with Gasteiger partial charge in [0.15, 0.2) is 23.0 Å². The second-order valence-corrected chi connectivity index (χ2v) is 6.81. The summed E-state index contributed by atoms with van der Waals surface area (Å²) in [7, 11) is 1.60. The lowest BCUT2D eigenvalue weighted by atomic mass is 10.1. The van der Waals surface area contributed by atoms with Gasteiger partial charge in [-0.15, -0.1) is 0 Å². The number of nitriles is 1. The maximum atomic E-state index is 9.58. The van der Waals surface area contributed by atoms with Crippen molar-refractivity contribution in [1.29, 1.82) is 5.26 Å². The number of aromatic nitrogens is 3. The molecule has 0 aliphatic carbocycles. The number of hydrogen-bond acceptors (Lipinski definition) is 5. The summed E-state index contributed by atoms with van der Waals surface area (Å²) in [4.78, 5) is 11.8. The predicted molar refractivity (Wildman–Crippen MR) is 108 cm³/mol. The van der Waals surface area contributed by atoms with E-state index in [9.17, 15) is 5.26 Å². The molecule has 0 aliphatic heterocycles. The van der Waals surface area contributed by atoms with Crippen molar-refractivity contribution in [2.24, 2.45) is 0 Å².